The lowest BCUT2D eigenvalue weighted by Crippen LogP contribution is -2.05. The molecule has 0 radical (unpaired) electrons. The molecule has 0 fully saturated rings. The maximum absolute atomic E-state index is 8.45. The Bertz CT molecular complexity index is 154. The lowest BCUT2D eigenvalue weighted by Gasteiger charge is -2.16. The van der Waals surface area contributed by atoms with E-state index in [1.54, 1.807) is 6.08 Å². The van der Waals surface area contributed by atoms with Gasteiger partial charge in [0.15, 0.2) is 0 Å². The summed E-state index contributed by atoms with van der Waals surface area (Å²) in [7, 11) is 0. The summed E-state index contributed by atoms with van der Waals surface area (Å²) in [5, 5.41) is 8.45. The van der Waals surface area contributed by atoms with Crippen LogP contribution in [0.25, 0.3) is 0 Å². The van der Waals surface area contributed by atoms with E-state index in [4.69, 9.17) is 5.11 Å². The first-order valence-electron chi connectivity index (χ1n) is 3.51. The van der Waals surface area contributed by atoms with Crippen LogP contribution in [0.1, 0.15) is 27.7 Å². The molecule has 1 N–H and O–H groups in total. The molecule has 0 aromatic heterocycles. The average molecular weight is 140 g/mol. The van der Waals surface area contributed by atoms with Gasteiger partial charge in [0.05, 0.1) is 6.61 Å². The molecule has 0 unspecified atom stereocenters. The van der Waals surface area contributed by atoms with E-state index in [0.717, 1.165) is 0 Å². The summed E-state index contributed by atoms with van der Waals surface area (Å²) in [6.07, 6.45) is 1.64. The first kappa shape index (κ1) is 9.48. The van der Waals surface area contributed by atoms with Gasteiger partial charge in [-0.25, -0.2) is 0 Å². The van der Waals surface area contributed by atoms with Gasteiger partial charge >= 0.3 is 0 Å². The Morgan fingerprint density at radius 3 is 2.30 bits per heavy atom. The molecule has 1 nitrogen and oxygen atoms in total. The fourth-order valence-electron chi connectivity index (χ4n) is 0.415. The Labute approximate surface area is 63.1 Å². The number of hydrogen-bond donors (Lipinski definition) is 1. The second-order valence-electron chi connectivity index (χ2n) is 3.41. The molecule has 1 heteroatoms. The van der Waals surface area contributed by atoms with Gasteiger partial charge in [-0.05, 0) is 24.0 Å². The van der Waals surface area contributed by atoms with E-state index in [1.165, 1.54) is 5.57 Å². The molecule has 58 valence electrons. The molecule has 0 rings (SSSR count). The van der Waals surface area contributed by atoms with Crippen molar-refractivity contribution < 1.29 is 5.11 Å². The third-order valence-corrected chi connectivity index (χ3v) is 1.53. The molecule has 0 bridgehead atoms. The topological polar surface area (TPSA) is 20.2 Å². The predicted octanol–water partition coefficient (Wildman–Crippen LogP) is 2.13. The van der Waals surface area contributed by atoms with Crippen LogP contribution in [0.15, 0.2) is 17.4 Å². The summed E-state index contributed by atoms with van der Waals surface area (Å²) in [5.41, 5.74) is 4.35. The minimum Gasteiger partial charge on any atom is -0.392 e. The van der Waals surface area contributed by atoms with Gasteiger partial charge in [0.25, 0.3) is 0 Å². The maximum atomic E-state index is 8.45. The van der Waals surface area contributed by atoms with Crippen LogP contribution >= 0.6 is 0 Å². The van der Waals surface area contributed by atoms with Crippen LogP contribution in [-0.2, 0) is 0 Å². The molecule has 0 atom stereocenters. The van der Waals surface area contributed by atoms with E-state index in [2.05, 4.69) is 26.5 Å². The Kier molecular flexibility index (Phi) is 3.41. The molecule has 0 heterocycles. The zero-order valence-electron chi connectivity index (χ0n) is 7.23. The van der Waals surface area contributed by atoms with E-state index in [9.17, 15) is 0 Å². The summed E-state index contributed by atoms with van der Waals surface area (Å²) in [6.45, 7) is 8.47. The molecule has 0 aromatic carbocycles. The van der Waals surface area contributed by atoms with Gasteiger partial charge in [-0.15, -0.1) is 5.73 Å². The summed E-state index contributed by atoms with van der Waals surface area (Å²) in [5.74, 6) is 0. The van der Waals surface area contributed by atoms with Crippen LogP contribution in [0.2, 0.25) is 0 Å². The van der Waals surface area contributed by atoms with Gasteiger partial charge in [-0.2, -0.15) is 0 Å². The van der Waals surface area contributed by atoms with E-state index >= 15 is 0 Å². The molecule has 10 heavy (non-hydrogen) atoms. The average Bonchev–Trinajstić information content (AvgIpc) is 1.80. The summed E-state index contributed by atoms with van der Waals surface area (Å²) in [6, 6.07) is 0. The molecule has 0 aliphatic rings. The molecular formula is C9H16O. The van der Waals surface area contributed by atoms with E-state index < -0.39 is 0 Å². The molecule has 0 amide bonds. The van der Waals surface area contributed by atoms with Crippen LogP contribution in [-0.4, -0.2) is 11.7 Å². The minimum absolute atomic E-state index is 0.0768. The predicted molar refractivity (Wildman–Crippen MR) is 43.8 cm³/mol. The van der Waals surface area contributed by atoms with Gasteiger partial charge in [0, 0.05) is 0 Å². The van der Waals surface area contributed by atoms with Crippen molar-refractivity contribution in [1.29, 1.82) is 0 Å². The summed E-state index contributed by atoms with van der Waals surface area (Å²) in [4.78, 5) is 0. The molecule has 0 aliphatic carbocycles. The maximum Gasteiger partial charge on any atom is 0.0686 e. The lowest BCUT2D eigenvalue weighted by molar-refractivity contribution is 0.342. The molecular weight excluding hydrogens is 124 g/mol. The molecule has 0 saturated carbocycles. The fourth-order valence-corrected chi connectivity index (χ4v) is 0.415. The normalized spacial score (nSPS) is 10.5. The van der Waals surface area contributed by atoms with Crippen molar-refractivity contribution in [3.8, 4) is 0 Å². The highest BCUT2D eigenvalue weighted by Crippen LogP contribution is 2.22. The van der Waals surface area contributed by atoms with Crippen molar-refractivity contribution in [3.63, 3.8) is 0 Å². The monoisotopic (exact) mass is 140 g/mol. The van der Waals surface area contributed by atoms with E-state index in [-0.39, 0.29) is 12.0 Å². The third-order valence-electron chi connectivity index (χ3n) is 1.53. The zero-order valence-corrected chi connectivity index (χ0v) is 7.23. The van der Waals surface area contributed by atoms with Crippen LogP contribution in [0.4, 0.5) is 0 Å². The molecule has 0 spiro atoms. The summed E-state index contributed by atoms with van der Waals surface area (Å²) < 4.78 is 0. The van der Waals surface area contributed by atoms with E-state index in [1.807, 2.05) is 6.92 Å². The Morgan fingerprint density at radius 1 is 1.50 bits per heavy atom. The highest BCUT2D eigenvalue weighted by atomic mass is 16.2. The molecule has 0 saturated heterocycles. The minimum atomic E-state index is 0.0768. The van der Waals surface area contributed by atoms with Crippen LogP contribution in [0, 0.1) is 5.41 Å². The first-order valence-corrected chi connectivity index (χ1v) is 3.51. The van der Waals surface area contributed by atoms with Crippen molar-refractivity contribution in [3.05, 3.63) is 17.4 Å². The highest BCUT2D eigenvalue weighted by Gasteiger charge is 2.10. The first-order chi connectivity index (χ1) is 4.48. The second kappa shape index (κ2) is 3.60. The molecule has 0 aromatic rings. The van der Waals surface area contributed by atoms with Crippen molar-refractivity contribution in [2.24, 2.45) is 5.41 Å². The zero-order chi connectivity index (χ0) is 8.20. The van der Waals surface area contributed by atoms with Crippen LogP contribution in [0.5, 0.6) is 0 Å². The van der Waals surface area contributed by atoms with Crippen molar-refractivity contribution in [2.45, 2.75) is 27.7 Å². The lowest BCUT2D eigenvalue weighted by atomic mass is 9.88. The smallest absolute Gasteiger partial charge is 0.0686 e. The fraction of sp³-hybridized carbons (Fsp3) is 0.667. The number of rotatable bonds is 1. The largest absolute Gasteiger partial charge is 0.392 e. The van der Waals surface area contributed by atoms with Crippen LogP contribution in [0.3, 0.4) is 0 Å². The van der Waals surface area contributed by atoms with Gasteiger partial charge in [-0.1, -0.05) is 20.8 Å². The SMILES string of the molecule is CC(=C=CCO)C(C)(C)C. The Morgan fingerprint density at radius 2 is 2.00 bits per heavy atom. The number of aliphatic hydroxyl groups excluding tert-OH is 1. The Balaban J connectivity index is 4.34. The van der Waals surface area contributed by atoms with E-state index in [0.29, 0.717) is 0 Å². The number of aliphatic hydroxyl groups is 1. The quantitative estimate of drug-likeness (QED) is 0.553. The highest BCUT2D eigenvalue weighted by molar-refractivity contribution is 5.06. The van der Waals surface area contributed by atoms with Gasteiger partial charge < -0.3 is 5.11 Å². The van der Waals surface area contributed by atoms with Gasteiger partial charge in [0.2, 0.25) is 0 Å². The van der Waals surface area contributed by atoms with Crippen molar-refractivity contribution in [1.82, 2.24) is 0 Å². The number of hydrogen-bond acceptors (Lipinski definition) is 1. The van der Waals surface area contributed by atoms with Crippen molar-refractivity contribution in [2.75, 3.05) is 6.61 Å². The Hall–Kier alpha value is -0.520. The summed E-state index contributed by atoms with van der Waals surface area (Å²) >= 11 is 0. The van der Waals surface area contributed by atoms with Gasteiger partial charge in [-0.3, -0.25) is 0 Å². The second-order valence-corrected chi connectivity index (χ2v) is 3.41. The van der Waals surface area contributed by atoms with Gasteiger partial charge in [0.1, 0.15) is 0 Å². The standard InChI is InChI=1S/C9H16O/c1-8(6-5-7-10)9(2,3)4/h5,10H,7H2,1-4H3. The molecule has 0 aliphatic heterocycles. The van der Waals surface area contributed by atoms with Crippen LogP contribution < -0.4 is 0 Å². The third kappa shape index (κ3) is 3.49. The van der Waals surface area contributed by atoms with Crippen molar-refractivity contribution >= 4 is 0 Å².